The zero-order valence-corrected chi connectivity index (χ0v) is 10.9. The standard InChI is InChI=1S/C12H22N2O3/c1-5-6-13-12(15)9-14(7-8-16-3)11(2)10-17-4/h1,11H,6-10H2,2-4H3,(H,13,15). The van der Waals surface area contributed by atoms with Crippen molar-refractivity contribution in [2.24, 2.45) is 0 Å². The van der Waals surface area contributed by atoms with E-state index in [2.05, 4.69) is 11.2 Å². The van der Waals surface area contributed by atoms with Gasteiger partial charge in [-0.2, -0.15) is 0 Å². The number of hydrogen-bond donors (Lipinski definition) is 1. The summed E-state index contributed by atoms with van der Waals surface area (Å²) >= 11 is 0. The Balaban J connectivity index is 4.17. The lowest BCUT2D eigenvalue weighted by Gasteiger charge is -2.27. The molecule has 0 aliphatic heterocycles. The summed E-state index contributed by atoms with van der Waals surface area (Å²) in [6, 6.07) is 0.159. The van der Waals surface area contributed by atoms with Crippen LogP contribution in [0.4, 0.5) is 0 Å². The fourth-order valence-corrected chi connectivity index (χ4v) is 1.40. The monoisotopic (exact) mass is 242 g/mol. The van der Waals surface area contributed by atoms with Crippen LogP contribution in [0.3, 0.4) is 0 Å². The molecule has 0 aliphatic rings. The molecule has 0 spiro atoms. The van der Waals surface area contributed by atoms with Gasteiger partial charge >= 0.3 is 0 Å². The second kappa shape index (κ2) is 10.1. The largest absolute Gasteiger partial charge is 0.383 e. The zero-order valence-electron chi connectivity index (χ0n) is 10.9. The Morgan fingerprint density at radius 1 is 1.47 bits per heavy atom. The first-order valence-corrected chi connectivity index (χ1v) is 5.57. The lowest BCUT2D eigenvalue weighted by molar-refractivity contribution is -0.122. The summed E-state index contributed by atoms with van der Waals surface area (Å²) in [5, 5.41) is 2.64. The van der Waals surface area contributed by atoms with Crippen molar-refractivity contribution in [1.82, 2.24) is 10.2 Å². The molecule has 5 heteroatoms. The van der Waals surface area contributed by atoms with Gasteiger partial charge in [0.2, 0.25) is 5.91 Å². The SMILES string of the molecule is C#CCNC(=O)CN(CCOC)C(C)COC. The second-order valence-electron chi connectivity index (χ2n) is 3.75. The van der Waals surface area contributed by atoms with Gasteiger partial charge in [0.1, 0.15) is 0 Å². The molecule has 17 heavy (non-hydrogen) atoms. The van der Waals surface area contributed by atoms with Crippen LogP contribution in [-0.2, 0) is 14.3 Å². The molecule has 0 heterocycles. The molecular formula is C12H22N2O3. The van der Waals surface area contributed by atoms with Gasteiger partial charge in [-0.3, -0.25) is 9.69 Å². The summed E-state index contributed by atoms with van der Waals surface area (Å²) in [4.78, 5) is 13.6. The Bertz CT molecular complexity index is 251. The first kappa shape index (κ1) is 15.9. The summed E-state index contributed by atoms with van der Waals surface area (Å²) in [7, 11) is 3.28. The van der Waals surface area contributed by atoms with Crippen LogP contribution >= 0.6 is 0 Å². The average molecular weight is 242 g/mol. The predicted molar refractivity (Wildman–Crippen MR) is 66.6 cm³/mol. The minimum Gasteiger partial charge on any atom is -0.383 e. The molecule has 0 rings (SSSR count). The molecular weight excluding hydrogens is 220 g/mol. The van der Waals surface area contributed by atoms with Gasteiger partial charge in [-0.1, -0.05) is 5.92 Å². The minimum absolute atomic E-state index is 0.0815. The number of terminal acetylenes is 1. The quantitative estimate of drug-likeness (QED) is 0.565. The Morgan fingerprint density at radius 2 is 2.18 bits per heavy atom. The zero-order chi connectivity index (χ0) is 13.1. The van der Waals surface area contributed by atoms with Gasteiger partial charge in [0, 0.05) is 26.8 Å². The highest BCUT2D eigenvalue weighted by atomic mass is 16.5. The van der Waals surface area contributed by atoms with Crippen LogP contribution in [0.1, 0.15) is 6.92 Å². The van der Waals surface area contributed by atoms with Crippen molar-refractivity contribution in [3.8, 4) is 12.3 Å². The maximum Gasteiger partial charge on any atom is 0.234 e. The van der Waals surface area contributed by atoms with Gasteiger partial charge in [-0.25, -0.2) is 0 Å². The molecule has 0 aliphatic carbocycles. The molecule has 0 bridgehead atoms. The van der Waals surface area contributed by atoms with E-state index in [9.17, 15) is 4.79 Å². The van der Waals surface area contributed by atoms with E-state index < -0.39 is 0 Å². The minimum atomic E-state index is -0.0815. The molecule has 5 nitrogen and oxygen atoms in total. The van der Waals surface area contributed by atoms with Crippen LogP contribution in [0.2, 0.25) is 0 Å². The van der Waals surface area contributed by atoms with E-state index in [-0.39, 0.29) is 18.5 Å². The highest BCUT2D eigenvalue weighted by molar-refractivity contribution is 5.78. The van der Waals surface area contributed by atoms with Crippen molar-refractivity contribution in [2.45, 2.75) is 13.0 Å². The van der Waals surface area contributed by atoms with Gasteiger partial charge in [-0.05, 0) is 6.92 Å². The Labute approximate surface area is 103 Å². The molecule has 1 unspecified atom stereocenters. The lowest BCUT2D eigenvalue weighted by atomic mass is 10.3. The van der Waals surface area contributed by atoms with E-state index in [0.29, 0.717) is 26.3 Å². The van der Waals surface area contributed by atoms with Gasteiger partial charge in [0.25, 0.3) is 0 Å². The normalized spacial score (nSPS) is 12.2. The molecule has 0 fully saturated rings. The number of carbonyl (C=O) groups excluding carboxylic acids is 1. The van der Waals surface area contributed by atoms with Crippen molar-refractivity contribution >= 4 is 5.91 Å². The van der Waals surface area contributed by atoms with Crippen LogP contribution in [0.25, 0.3) is 0 Å². The van der Waals surface area contributed by atoms with Gasteiger partial charge in [-0.15, -0.1) is 6.42 Å². The predicted octanol–water partition coefficient (Wildman–Crippen LogP) is -0.281. The van der Waals surface area contributed by atoms with Crippen molar-refractivity contribution in [2.75, 3.05) is 47.1 Å². The second-order valence-corrected chi connectivity index (χ2v) is 3.75. The molecule has 0 aromatic rings. The van der Waals surface area contributed by atoms with Crippen LogP contribution in [0.5, 0.6) is 0 Å². The topological polar surface area (TPSA) is 50.8 Å². The van der Waals surface area contributed by atoms with Crippen LogP contribution in [0.15, 0.2) is 0 Å². The van der Waals surface area contributed by atoms with E-state index >= 15 is 0 Å². The highest BCUT2D eigenvalue weighted by Crippen LogP contribution is 1.99. The van der Waals surface area contributed by atoms with E-state index in [0.717, 1.165) is 0 Å². The third-order valence-corrected chi connectivity index (χ3v) is 2.35. The maximum atomic E-state index is 11.6. The highest BCUT2D eigenvalue weighted by Gasteiger charge is 2.16. The summed E-state index contributed by atoms with van der Waals surface area (Å²) < 4.78 is 10.1. The Hall–Kier alpha value is -1.09. The smallest absolute Gasteiger partial charge is 0.234 e. The summed E-state index contributed by atoms with van der Waals surface area (Å²) in [6.45, 7) is 4.41. The van der Waals surface area contributed by atoms with Gasteiger partial charge < -0.3 is 14.8 Å². The van der Waals surface area contributed by atoms with E-state index in [4.69, 9.17) is 15.9 Å². The number of hydrogen-bond acceptors (Lipinski definition) is 4. The van der Waals surface area contributed by atoms with Crippen LogP contribution < -0.4 is 5.32 Å². The molecule has 0 radical (unpaired) electrons. The molecule has 0 aromatic carbocycles. The summed E-state index contributed by atoms with van der Waals surface area (Å²) in [5.74, 6) is 2.29. The number of amides is 1. The molecule has 0 saturated carbocycles. The van der Waals surface area contributed by atoms with Crippen molar-refractivity contribution in [3.05, 3.63) is 0 Å². The summed E-state index contributed by atoms with van der Waals surface area (Å²) in [6.07, 6.45) is 5.08. The first-order chi connectivity index (χ1) is 8.15. The molecule has 0 aromatic heterocycles. The van der Waals surface area contributed by atoms with E-state index in [1.54, 1.807) is 14.2 Å². The van der Waals surface area contributed by atoms with Crippen LogP contribution in [0, 0.1) is 12.3 Å². The van der Waals surface area contributed by atoms with E-state index in [1.807, 2.05) is 11.8 Å². The van der Waals surface area contributed by atoms with E-state index in [1.165, 1.54) is 0 Å². The number of carbonyl (C=O) groups is 1. The lowest BCUT2D eigenvalue weighted by Crippen LogP contribution is -2.45. The van der Waals surface area contributed by atoms with Crippen molar-refractivity contribution in [3.63, 3.8) is 0 Å². The fraction of sp³-hybridized carbons (Fsp3) is 0.750. The molecule has 1 atom stereocenters. The molecule has 1 N–H and O–H groups in total. The Kier molecular flexibility index (Phi) is 9.44. The number of ether oxygens (including phenoxy) is 2. The third-order valence-electron chi connectivity index (χ3n) is 2.35. The van der Waals surface area contributed by atoms with Gasteiger partial charge in [0.15, 0.2) is 0 Å². The maximum absolute atomic E-state index is 11.6. The Morgan fingerprint density at radius 3 is 2.71 bits per heavy atom. The fourth-order valence-electron chi connectivity index (χ4n) is 1.40. The van der Waals surface area contributed by atoms with Crippen molar-refractivity contribution < 1.29 is 14.3 Å². The van der Waals surface area contributed by atoms with Gasteiger partial charge in [0.05, 0.1) is 26.3 Å². The van der Waals surface area contributed by atoms with Crippen LogP contribution in [-0.4, -0.2) is 63.9 Å². The third kappa shape index (κ3) is 7.75. The summed E-state index contributed by atoms with van der Waals surface area (Å²) in [5.41, 5.74) is 0. The number of methoxy groups -OCH3 is 2. The molecule has 98 valence electrons. The number of nitrogens with zero attached hydrogens (tertiary/aromatic N) is 1. The first-order valence-electron chi connectivity index (χ1n) is 5.57. The average Bonchev–Trinajstić information content (AvgIpc) is 2.32. The number of rotatable bonds is 9. The number of nitrogens with one attached hydrogen (secondary N) is 1. The molecule has 0 saturated heterocycles. The molecule has 1 amide bonds. The van der Waals surface area contributed by atoms with Crippen molar-refractivity contribution in [1.29, 1.82) is 0 Å².